The van der Waals surface area contributed by atoms with Crippen molar-refractivity contribution in [2.75, 3.05) is 0 Å². The Morgan fingerprint density at radius 2 is 1.60 bits per heavy atom. The third kappa shape index (κ3) is 5.53. The number of rotatable bonds is 11. The molecular formula is C17H34O2Si. The van der Waals surface area contributed by atoms with Crippen LogP contribution in [0.15, 0.2) is 12.2 Å². The van der Waals surface area contributed by atoms with Gasteiger partial charge in [-0.1, -0.05) is 53.7 Å². The van der Waals surface area contributed by atoms with Crippen LogP contribution in [0.1, 0.15) is 60.8 Å². The summed E-state index contributed by atoms with van der Waals surface area (Å²) in [7, 11) is -1.63. The van der Waals surface area contributed by atoms with Gasteiger partial charge in [-0.25, -0.2) is 0 Å². The van der Waals surface area contributed by atoms with Gasteiger partial charge < -0.3 is 4.43 Å². The van der Waals surface area contributed by atoms with Crippen molar-refractivity contribution < 1.29 is 9.22 Å². The number of hydrogen-bond acceptors (Lipinski definition) is 2. The maximum absolute atomic E-state index is 12.3. The van der Waals surface area contributed by atoms with Crippen molar-refractivity contribution in [3.63, 3.8) is 0 Å². The molecule has 0 aliphatic heterocycles. The van der Waals surface area contributed by atoms with Crippen LogP contribution in [0.4, 0.5) is 0 Å². The van der Waals surface area contributed by atoms with Gasteiger partial charge in [-0.05, 0) is 31.0 Å². The standard InChI is InChI=1S/C17H34O2Si/c1-8-14(6)13-16(18)15(7)17(9-2)19-20(10-3,11-4)12-5/h15,17H,6,8-13H2,1-5,7H3/t15-,17-/m1/s1. The second kappa shape index (κ2) is 9.51. The first-order valence-electron chi connectivity index (χ1n) is 8.26. The molecule has 0 saturated carbocycles. The molecule has 0 rings (SSSR count). The molecule has 20 heavy (non-hydrogen) atoms. The molecule has 2 atom stereocenters. The molecule has 0 heterocycles. The molecule has 0 unspecified atom stereocenters. The minimum atomic E-state index is -1.63. The van der Waals surface area contributed by atoms with Crippen LogP contribution in [0.5, 0.6) is 0 Å². The molecule has 0 aliphatic rings. The fourth-order valence-corrected chi connectivity index (χ4v) is 5.61. The first-order valence-corrected chi connectivity index (χ1v) is 10.8. The molecule has 0 amide bonds. The van der Waals surface area contributed by atoms with E-state index in [0.29, 0.717) is 6.42 Å². The van der Waals surface area contributed by atoms with E-state index in [2.05, 4.69) is 41.2 Å². The van der Waals surface area contributed by atoms with Gasteiger partial charge in [0.15, 0.2) is 8.32 Å². The average molecular weight is 299 g/mol. The molecule has 0 spiro atoms. The van der Waals surface area contributed by atoms with E-state index in [1.165, 1.54) is 0 Å². The van der Waals surface area contributed by atoms with Crippen LogP contribution in [-0.4, -0.2) is 20.2 Å². The lowest BCUT2D eigenvalue weighted by Crippen LogP contribution is -2.43. The van der Waals surface area contributed by atoms with Crippen molar-refractivity contribution in [2.24, 2.45) is 5.92 Å². The molecule has 0 aromatic rings. The highest BCUT2D eigenvalue weighted by Crippen LogP contribution is 2.28. The zero-order chi connectivity index (χ0) is 15.8. The van der Waals surface area contributed by atoms with E-state index in [-0.39, 0.29) is 17.8 Å². The van der Waals surface area contributed by atoms with Crippen LogP contribution in [0.25, 0.3) is 0 Å². The van der Waals surface area contributed by atoms with Gasteiger partial charge in [-0.15, -0.1) is 0 Å². The average Bonchev–Trinajstić information content (AvgIpc) is 2.48. The van der Waals surface area contributed by atoms with Crippen LogP contribution in [0.2, 0.25) is 18.1 Å². The Kier molecular flexibility index (Phi) is 9.31. The highest BCUT2D eigenvalue weighted by molar-refractivity contribution is 6.73. The molecule has 118 valence electrons. The summed E-state index contributed by atoms with van der Waals surface area (Å²) >= 11 is 0. The summed E-state index contributed by atoms with van der Waals surface area (Å²) in [4.78, 5) is 12.3. The molecule has 0 N–H and O–H groups in total. The van der Waals surface area contributed by atoms with Crippen LogP contribution in [-0.2, 0) is 9.22 Å². The molecular weight excluding hydrogens is 264 g/mol. The first kappa shape index (κ1) is 19.6. The number of carbonyl (C=O) groups is 1. The van der Waals surface area contributed by atoms with E-state index >= 15 is 0 Å². The van der Waals surface area contributed by atoms with Crippen LogP contribution < -0.4 is 0 Å². The Labute approximate surface area is 127 Å². The van der Waals surface area contributed by atoms with Gasteiger partial charge in [-0.2, -0.15) is 0 Å². The molecule has 3 heteroatoms. The zero-order valence-corrected chi connectivity index (χ0v) is 15.4. The van der Waals surface area contributed by atoms with Crippen molar-refractivity contribution in [3.8, 4) is 0 Å². The van der Waals surface area contributed by atoms with Crippen molar-refractivity contribution in [1.29, 1.82) is 0 Å². The van der Waals surface area contributed by atoms with E-state index in [1.54, 1.807) is 0 Å². The molecule has 0 saturated heterocycles. The van der Waals surface area contributed by atoms with Crippen molar-refractivity contribution in [3.05, 3.63) is 12.2 Å². The lowest BCUT2D eigenvalue weighted by atomic mass is 9.93. The van der Waals surface area contributed by atoms with Gasteiger partial charge in [0, 0.05) is 12.3 Å². The lowest BCUT2D eigenvalue weighted by Gasteiger charge is -2.35. The van der Waals surface area contributed by atoms with Crippen LogP contribution in [0, 0.1) is 5.92 Å². The summed E-state index contributed by atoms with van der Waals surface area (Å²) in [5, 5.41) is 0. The molecule has 2 nitrogen and oxygen atoms in total. The minimum Gasteiger partial charge on any atom is -0.413 e. The summed E-state index contributed by atoms with van der Waals surface area (Å²) in [6, 6.07) is 3.41. The van der Waals surface area contributed by atoms with E-state index in [4.69, 9.17) is 4.43 Å². The molecule has 0 bridgehead atoms. The van der Waals surface area contributed by atoms with Gasteiger partial charge in [0.05, 0.1) is 6.10 Å². The number of hydrogen-bond donors (Lipinski definition) is 0. The Bertz CT molecular complexity index is 300. The summed E-state index contributed by atoms with van der Waals surface area (Å²) in [6.45, 7) is 16.9. The predicted molar refractivity (Wildman–Crippen MR) is 90.6 cm³/mol. The Balaban J connectivity index is 4.81. The number of Topliss-reactive ketones (excluding diaryl/α,β-unsaturated/α-hetero) is 1. The monoisotopic (exact) mass is 298 g/mol. The minimum absolute atomic E-state index is 0.0141. The number of ketones is 1. The fraction of sp³-hybridized carbons (Fsp3) is 0.824. The Morgan fingerprint density at radius 1 is 1.10 bits per heavy atom. The first-order chi connectivity index (χ1) is 9.39. The van der Waals surface area contributed by atoms with Gasteiger partial charge in [-0.3, -0.25) is 4.79 Å². The quantitative estimate of drug-likeness (QED) is 0.380. The van der Waals surface area contributed by atoms with E-state index in [0.717, 1.165) is 36.5 Å². The molecule has 0 radical (unpaired) electrons. The largest absolute Gasteiger partial charge is 0.413 e. The highest BCUT2D eigenvalue weighted by Gasteiger charge is 2.34. The van der Waals surface area contributed by atoms with Crippen molar-refractivity contribution >= 4 is 14.1 Å². The van der Waals surface area contributed by atoms with Crippen LogP contribution in [0.3, 0.4) is 0 Å². The summed E-state index contributed by atoms with van der Waals surface area (Å²) in [6.07, 6.45) is 2.39. The van der Waals surface area contributed by atoms with Crippen molar-refractivity contribution in [1.82, 2.24) is 0 Å². The number of allylic oxidation sites excluding steroid dienone is 1. The van der Waals surface area contributed by atoms with Gasteiger partial charge in [0.1, 0.15) is 5.78 Å². The lowest BCUT2D eigenvalue weighted by molar-refractivity contribution is -0.124. The molecule has 0 fully saturated rings. The summed E-state index contributed by atoms with van der Waals surface area (Å²) in [5.74, 6) is 0.273. The van der Waals surface area contributed by atoms with E-state index in [9.17, 15) is 4.79 Å². The van der Waals surface area contributed by atoms with Gasteiger partial charge >= 0.3 is 0 Å². The Morgan fingerprint density at radius 3 is 1.95 bits per heavy atom. The smallest absolute Gasteiger partial charge is 0.192 e. The fourth-order valence-electron chi connectivity index (χ4n) is 2.60. The molecule has 0 aromatic heterocycles. The van der Waals surface area contributed by atoms with Gasteiger partial charge in [0.25, 0.3) is 0 Å². The van der Waals surface area contributed by atoms with E-state index in [1.807, 2.05) is 6.92 Å². The summed E-state index contributed by atoms with van der Waals surface area (Å²) in [5.41, 5.74) is 1.03. The van der Waals surface area contributed by atoms with Gasteiger partial charge in [0.2, 0.25) is 0 Å². The topological polar surface area (TPSA) is 26.3 Å². The molecule has 0 aliphatic carbocycles. The third-order valence-electron chi connectivity index (χ3n) is 4.73. The maximum atomic E-state index is 12.3. The molecule has 0 aromatic carbocycles. The van der Waals surface area contributed by atoms with E-state index < -0.39 is 8.32 Å². The normalized spacial score (nSPS) is 14.9. The predicted octanol–water partition coefficient (Wildman–Crippen LogP) is 5.35. The maximum Gasteiger partial charge on any atom is 0.192 e. The third-order valence-corrected chi connectivity index (χ3v) is 9.40. The Hall–Kier alpha value is -0.413. The van der Waals surface area contributed by atoms with Crippen LogP contribution >= 0.6 is 0 Å². The second-order valence-corrected chi connectivity index (χ2v) is 10.6. The number of carbonyl (C=O) groups excluding carboxylic acids is 1. The van der Waals surface area contributed by atoms with Crippen molar-refractivity contribution in [2.45, 2.75) is 85.0 Å². The second-order valence-electron chi connectivity index (χ2n) is 5.84. The zero-order valence-electron chi connectivity index (χ0n) is 14.4. The highest BCUT2D eigenvalue weighted by atomic mass is 28.4. The summed E-state index contributed by atoms with van der Waals surface area (Å²) < 4.78 is 6.52. The SMILES string of the molecule is C=C(CC)CC(=O)[C@@H](C)[C@@H](CC)O[Si](CC)(CC)CC.